The number of amides is 1. The Bertz CT molecular complexity index is 413. The molecule has 0 aromatic heterocycles. The predicted molar refractivity (Wildman–Crippen MR) is 72.8 cm³/mol. The van der Waals surface area contributed by atoms with Crippen LogP contribution in [0.1, 0.15) is 23.2 Å². The number of piperidine rings is 1. The number of hydrogen-bond acceptors (Lipinski definition) is 3. The molecular weight excluding hydrogens is 250 g/mol. The molecule has 0 spiro atoms. The molecule has 1 aliphatic heterocycles. The van der Waals surface area contributed by atoms with Gasteiger partial charge in [0.25, 0.3) is 5.91 Å². The molecule has 1 amide bonds. The second-order valence-corrected chi connectivity index (χ2v) is 5.24. The molecule has 4 nitrogen and oxygen atoms in total. The van der Waals surface area contributed by atoms with Crippen molar-refractivity contribution in [2.75, 3.05) is 19.6 Å². The van der Waals surface area contributed by atoms with Gasteiger partial charge in [0, 0.05) is 22.7 Å². The van der Waals surface area contributed by atoms with Crippen molar-refractivity contribution < 1.29 is 4.79 Å². The van der Waals surface area contributed by atoms with Crippen molar-refractivity contribution in [3.63, 3.8) is 0 Å². The van der Waals surface area contributed by atoms with E-state index in [2.05, 4.69) is 10.6 Å². The van der Waals surface area contributed by atoms with E-state index in [9.17, 15) is 4.79 Å². The highest BCUT2D eigenvalue weighted by molar-refractivity contribution is 6.30. The molecule has 1 saturated heterocycles. The fourth-order valence-corrected chi connectivity index (χ4v) is 2.19. The molecule has 0 unspecified atom stereocenters. The van der Waals surface area contributed by atoms with Gasteiger partial charge >= 0.3 is 0 Å². The van der Waals surface area contributed by atoms with E-state index in [0.717, 1.165) is 25.9 Å². The second kappa shape index (κ2) is 5.69. The van der Waals surface area contributed by atoms with Gasteiger partial charge in [-0.1, -0.05) is 11.6 Å². The zero-order valence-electron chi connectivity index (χ0n) is 10.2. The minimum absolute atomic E-state index is 0.102. The Morgan fingerprint density at radius 2 is 1.94 bits per heavy atom. The maximum absolute atomic E-state index is 11.9. The first-order valence-corrected chi connectivity index (χ1v) is 6.50. The summed E-state index contributed by atoms with van der Waals surface area (Å²) in [7, 11) is 0. The minimum Gasteiger partial charge on any atom is -0.350 e. The van der Waals surface area contributed by atoms with Crippen molar-refractivity contribution in [1.82, 2.24) is 10.6 Å². The van der Waals surface area contributed by atoms with Crippen molar-refractivity contribution in [1.29, 1.82) is 0 Å². The smallest absolute Gasteiger partial charge is 0.251 e. The molecule has 1 aromatic carbocycles. The molecule has 0 aliphatic carbocycles. The van der Waals surface area contributed by atoms with E-state index in [0.29, 0.717) is 17.1 Å². The summed E-state index contributed by atoms with van der Waals surface area (Å²) >= 11 is 5.78. The Hall–Kier alpha value is -1.10. The fraction of sp³-hybridized carbons (Fsp3) is 0.462. The van der Waals surface area contributed by atoms with E-state index in [1.54, 1.807) is 24.3 Å². The molecule has 1 heterocycles. The molecular formula is C13H18ClN3O. The highest BCUT2D eigenvalue weighted by atomic mass is 35.5. The second-order valence-electron chi connectivity index (χ2n) is 4.80. The molecule has 0 atom stereocenters. The van der Waals surface area contributed by atoms with Crippen LogP contribution in [0.4, 0.5) is 0 Å². The maximum Gasteiger partial charge on any atom is 0.251 e. The van der Waals surface area contributed by atoms with Crippen LogP contribution in [0, 0.1) is 0 Å². The number of benzene rings is 1. The van der Waals surface area contributed by atoms with Crippen molar-refractivity contribution in [3.8, 4) is 0 Å². The van der Waals surface area contributed by atoms with Crippen LogP contribution in [0.3, 0.4) is 0 Å². The van der Waals surface area contributed by atoms with Gasteiger partial charge in [-0.05, 0) is 50.2 Å². The average molecular weight is 268 g/mol. The number of nitrogens with one attached hydrogen (secondary N) is 2. The Morgan fingerprint density at radius 3 is 2.56 bits per heavy atom. The van der Waals surface area contributed by atoms with Gasteiger partial charge in [-0.25, -0.2) is 0 Å². The van der Waals surface area contributed by atoms with E-state index in [1.807, 2.05) is 0 Å². The van der Waals surface area contributed by atoms with Gasteiger partial charge in [-0.15, -0.1) is 0 Å². The van der Waals surface area contributed by atoms with Crippen molar-refractivity contribution >= 4 is 17.5 Å². The standard InChI is InChI=1S/C13H18ClN3O/c14-11-3-1-10(2-4-11)12(18)17-9-13(15)5-7-16-8-6-13/h1-4,16H,5-9,15H2,(H,17,18). The molecule has 18 heavy (non-hydrogen) atoms. The highest BCUT2D eigenvalue weighted by Crippen LogP contribution is 2.14. The third-order valence-corrected chi connectivity index (χ3v) is 3.56. The summed E-state index contributed by atoms with van der Waals surface area (Å²) in [5.74, 6) is -0.102. The van der Waals surface area contributed by atoms with Gasteiger partial charge in [0.1, 0.15) is 0 Å². The molecule has 1 fully saturated rings. The molecule has 0 saturated carbocycles. The van der Waals surface area contributed by atoms with Gasteiger partial charge in [0.15, 0.2) is 0 Å². The summed E-state index contributed by atoms with van der Waals surface area (Å²) in [6, 6.07) is 6.84. The van der Waals surface area contributed by atoms with Crippen LogP contribution >= 0.6 is 11.6 Å². The molecule has 4 N–H and O–H groups in total. The largest absolute Gasteiger partial charge is 0.350 e. The van der Waals surface area contributed by atoms with Crippen LogP contribution in [0.5, 0.6) is 0 Å². The number of carbonyl (C=O) groups is 1. The molecule has 5 heteroatoms. The summed E-state index contributed by atoms with van der Waals surface area (Å²) in [5, 5.41) is 6.78. The first kappa shape index (κ1) is 13.3. The zero-order chi connectivity index (χ0) is 13.0. The molecule has 0 radical (unpaired) electrons. The summed E-state index contributed by atoms with van der Waals surface area (Å²) in [6.45, 7) is 2.33. The van der Waals surface area contributed by atoms with Gasteiger partial charge in [-0.3, -0.25) is 4.79 Å². The SMILES string of the molecule is NC1(CNC(=O)c2ccc(Cl)cc2)CCNCC1. The first-order chi connectivity index (χ1) is 8.59. The van der Waals surface area contributed by atoms with Crippen LogP contribution in [0.25, 0.3) is 0 Å². The first-order valence-electron chi connectivity index (χ1n) is 6.12. The number of nitrogens with two attached hydrogens (primary N) is 1. The van der Waals surface area contributed by atoms with E-state index in [1.165, 1.54) is 0 Å². The van der Waals surface area contributed by atoms with Crippen LogP contribution in [0.15, 0.2) is 24.3 Å². The molecule has 2 rings (SSSR count). The number of rotatable bonds is 3. The summed E-state index contributed by atoms with van der Waals surface area (Å²) in [4.78, 5) is 11.9. The lowest BCUT2D eigenvalue weighted by Crippen LogP contribution is -2.55. The monoisotopic (exact) mass is 267 g/mol. The maximum atomic E-state index is 11.9. The number of hydrogen-bond donors (Lipinski definition) is 3. The molecule has 0 bridgehead atoms. The summed E-state index contributed by atoms with van der Waals surface area (Å²) < 4.78 is 0. The third kappa shape index (κ3) is 3.45. The Balaban J connectivity index is 1.89. The van der Waals surface area contributed by atoms with Crippen LogP contribution in [-0.4, -0.2) is 31.1 Å². The Labute approximate surface area is 112 Å². The van der Waals surface area contributed by atoms with Crippen LogP contribution in [0.2, 0.25) is 5.02 Å². The quantitative estimate of drug-likeness (QED) is 0.770. The predicted octanol–water partition coefficient (Wildman–Crippen LogP) is 1.15. The zero-order valence-corrected chi connectivity index (χ0v) is 11.0. The molecule has 1 aromatic rings. The van der Waals surface area contributed by atoms with E-state index >= 15 is 0 Å². The van der Waals surface area contributed by atoms with Gasteiger partial charge in [-0.2, -0.15) is 0 Å². The molecule has 1 aliphatic rings. The van der Waals surface area contributed by atoms with Gasteiger partial charge in [0.2, 0.25) is 0 Å². The van der Waals surface area contributed by atoms with Crippen molar-refractivity contribution in [3.05, 3.63) is 34.9 Å². The lowest BCUT2D eigenvalue weighted by molar-refractivity contribution is 0.0939. The molecule has 98 valence electrons. The lowest BCUT2D eigenvalue weighted by Gasteiger charge is -2.33. The summed E-state index contributed by atoms with van der Waals surface area (Å²) in [6.07, 6.45) is 1.77. The Kier molecular flexibility index (Phi) is 4.22. The average Bonchev–Trinajstić information content (AvgIpc) is 2.38. The Morgan fingerprint density at radius 1 is 1.33 bits per heavy atom. The number of carbonyl (C=O) groups excluding carboxylic acids is 1. The highest BCUT2D eigenvalue weighted by Gasteiger charge is 2.27. The minimum atomic E-state index is -0.284. The van der Waals surface area contributed by atoms with Crippen molar-refractivity contribution in [2.45, 2.75) is 18.4 Å². The normalized spacial score (nSPS) is 18.3. The van der Waals surface area contributed by atoms with E-state index in [-0.39, 0.29) is 11.4 Å². The summed E-state index contributed by atoms with van der Waals surface area (Å²) in [5.41, 5.74) is 6.56. The van der Waals surface area contributed by atoms with Crippen LogP contribution in [-0.2, 0) is 0 Å². The fourth-order valence-electron chi connectivity index (χ4n) is 2.06. The van der Waals surface area contributed by atoms with Gasteiger partial charge < -0.3 is 16.4 Å². The van der Waals surface area contributed by atoms with Gasteiger partial charge in [0.05, 0.1) is 0 Å². The van der Waals surface area contributed by atoms with E-state index in [4.69, 9.17) is 17.3 Å². The number of halogens is 1. The van der Waals surface area contributed by atoms with Crippen molar-refractivity contribution in [2.24, 2.45) is 5.73 Å². The lowest BCUT2D eigenvalue weighted by atomic mass is 9.89. The third-order valence-electron chi connectivity index (χ3n) is 3.31. The van der Waals surface area contributed by atoms with Crippen LogP contribution < -0.4 is 16.4 Å². The topological polar surface area (TPSA) is 67.1 Å². The van der Waals surface area contributed by atoms with E-state index < -0.39 is 0 Å².